The maximum absolute atomic E-state index is 11.9. The molecule has 1 aromatic rings. The molecule has 0 aliphatic rings. The first-order valence-electron chi connectivity index (χ1n) is 2.58. The molecule has 1 rings (SSSR count). The third-order valence-corrected chi connectivity index (χ3v) is 1.99. The van der Waals surface area contributed by atoms with E-state index in [1.807, 2.05) is 0 Å². The first kappa shape index (κ1) is 8.26. The zero-order valence-electron chi connectivity index (χ0n) is 5.11. The summed E-state index contributed by atoms with van der Waals surface area (Å²) in [4.78, 5) is 9.03. The lowest BCUT2D eigenvalue weighted by molar-refractivity contribution is -0.134. The van der Waals surface area contributed by atoms with Gasteiger partial charge in [-0.05, 0) is 11.4 Å². The molecule has 1 aromatic heterocycles. The third kappa shape index (κ3) is 1.59. The van der Waals surface area contributed by atoms with Gasteiger partial charge in [-0.15, -0.1) is 11.3 Å². The highest BCUT2D eigenvalue weighted by Crippen LogP contribution is 2.34. The Kier molecular flexibility index (Phi) is 1.99. The van der Waals surface area contributed by atoms with Crippen LogP contribution < -0.4 is 0 Å². The first-order valence-corrected chi connectivity index (χ1v) is 3.46. The molecule has 0 amide bonds. The van der Waals surface area contributed by atoms with E-state index >= 15 is 0 Å². The predicted molar refractivity (Wildman–Crippen MR) is 34.1 cm³/mol. The third-order valence-electron chi connectivity index (χ3n) is 1.03. The second kappa shape index (κ2) is 2.65. The Labute approximate surface area is 64.5 Å². The van der Waals surface area contributed by atoms with Gasteiger partial charge in [-0.3, -0.25) is 4.79 Å². The van der Waals surface area contributed by atoms with Gasteiger partial charge >= 0.3 is 6.18 Å². The summed E-state index contributed by atoms with van der Waals surface area (Å²) in [5.41, 5.74) is -0.414. The highest BCUT2D eigenvalue weighted by Gasteiger charge is 2.34. The summed E-state index contributed by atoms with van der Waals surface area (Å²) < 4.78 is 35.7. The average Bonchev–Trinajstić information content (AvgIpc) is 2.31. The fourth-order valence-electron chi connectivity index (χ4n) is 0.609. The van der Waals surface area contributed by atoms with Crippen LogP contribution in [0, 0.1) is 0 Å². The minimum Gasteiger partial charge on any atom is -0.285 e. The lowest BCUT2D eigenvalue weighted by atomic mass is 10.3. The van der Waals surface area contributed by atoms with Crippen LogP contribution in [0.4, 0.5) is 13.2 Å². The van der Waals surface area contributed by atoms with Crippen molar-refractivity contribution in [2.24, 2.45) is 0 Å². The van der Waals surface area contributed by atoms with E-state index in [1.165, 1.54) is 11.7 Å². The van der Waals surface area contributed by atoms with Crippen molar-refractivity contribution in [3.63, 3.8) is 0 Å². The number of alkyl halides is 3. The molecule has 0 aliphatic carbocycles. The van der Waals surface area contributed by atoms with Crippen molar-refractivity contribution in [1.82, 2.24) is 0 Å². The molecular weight excluding hydrogens is 177 g/mol. The fraction of sp³-hybridized carbons (Fsp3) is 0.167. The summed E-state index contributed by atoms with van der Waals surface area (Å²) in [5.74, 6) is 0. The first-order chi connectivity index (χ1) is 5.05. The van der Waals surface area contributed by atoms with E-state index in [4.69, 9.17) is 0 Å². The highest BCUT2D eigenvalue weighted by molar-refractivity contribution is 7.10. The lowest BCUT2D eigenvalue weighted by Crippen LogP contribution is -2.04. The van der Waals surface area contributed by atoms with E-state index in [-0.39, 0.29) is 0 Å². The summed E-state index contributed by atoms with van der Waals surface area (Å²) in [6.07, 6.45) is -3.21. The van der Waals surface area contributed by atoms with Crippen molar-refractivity contribution in [3.8, 4) is 0 Å². The van der Waals surface area contributed by atoms with E-state index in [0.29, 0.717) is 11.3 Å². The minimum absolute atomic E-state index is 0.414. The molecule has 0 spiro atoms. The summed E-state index contributed by atoms with van der Waals surface area (Å²) in [6.45, 7) is 0. The number of carbonyl (C=O) groups excluding carboxylic acids is 1. The van der Waals surface area contributed by atoms with Crippen molar-refractivity contribution in [3.05, 3.63) is 21.9 Å². The Morgan fingerprint density at radius 2 is 2.09 bits per heavy atom. The number of thiophene rings is 1. The largest absolute Gasteiger partial charge is 0.426 e. The van der Waals surface area contributed by atoms with Crippen LogP contribution in [-0.2, 0) is 11.0 Å². The van der Waals surface area contributed by atoms with E-state index < -0.39 is 16.6 Å². The molecule has 5 heteroatoms. The molecule has 59 valence electrons. The molecule has 1 radical (unpaired) electrons. The summed E-state index contributed by atoms with van der Waals surface area (Å²) in [7, 11) is 0. The van der Waals surface area contributed by atoms with Gasteiger partial charge in [0.15, 0.2) is 0 Å². The van der Waals surface area contributed by atoms with Crippen LogP contribution in [0.15, 0.2) is 11.4 Å². The molecular formula is C6H2F3OS. The van der Waals surface area contributed by atoms with Crippen molar-refractivity contribution < 1.29 is 18.0 Å². The molecule has 0 fully saturated rings. The monoisotopic (exact) mass is 179 g/mol. The molecule has 0 atom stereocenters. The van der Waals surface area contributed by atoms with Crippen LogP contribution in [0.25, 0.3) is 0 Å². The standard InChI is InChI=1S/C6H2F3OS/c7-6(8,9)5-4(3-10)1-2-11-5/h1-2H. The van der Waals surface area contributed by atoms with Gasteiger partial charge in [0.2, 0.25) is 6.29 Å². The lowest BCUT2D eigenvalue weighted by Gasteiger charge is -2.01. The summed E-state index contributed by atoms with van der Waals surface area (Å²) in [5, 5.41) is 1.21. The normalized spacial score (nSPS) is 11.5. The Morgan fingerprint density at radius 1 is 1.45 bits per heavy atom. The topological polar surface area (TPSA) is 17.1 Å². The van der Waals surface area contributed by atoms with Crippen molar-refractivity contribution in [2.75, 3.05) is 0 Å². The van der Waals surface area contributed by atoms with Gasteiger partial charge in [0, 0.05) is 5.56 Å². The van der Waals surface area contributed by atoms with Crippen LogP contribution in [0.3, 0.4) is 0 Å². The van der Waals surface area contributed by atoms with E-state index in [2.05, 4.69) is 0 Å². The van der Waals surface area contributed by atoms with E-state index in [1.54, 1.807) is 0 Å². The second-order valence-electron chi connectivity index (χ2n) is 1.76. The van der Waals surface area contributed by atoms with Gasteiger partial charge in [-0.25, -0.2) is 0 Å². The zero-order valence-corrected chi connectivity index (χ0v) is 5.92. The van der Waals surface area contributed by atoms with Gasteiger partial charge in [0.1, 0.15) is 4.88 Å². The van der Waals surface area contributed by atoms with Crippen LogP contribution in [0.2, 0.25) is 0 Å². The maximum atomic E-state index is 11.9. The molecule has 0 saturated carbocycles. The van der Waals surface area contributed by atoms with E-state index in [0.717, 1.165) is 6.07 Å². The number of rotatable bonds is 1. The molecule has 0 N–H and O–H groups in total. The fourth-order valence-corrected chi connectivity index (χ4v) is 1.32. The second-order valence-corrected chi connectivity index (χ2v) is 2.68. The number of hydrogen-bond acceptors (Lipinski definition) is 2. The zero-order chi connectivity index (χ0) is 8.48. The SMILES string of the molecule is O=[C]c1ccsc1C(F)(F)F. The highest BCUT2D eigenvalue weighted by atomic mass is 32.1. The number of halogens is 3. The molecule has 0 saturated heterocycles. The summed E-state index contributed by atoms with van der Waals surface area (Å²) in [6, 6.07) is 1.10. The summed E-state index contributed by atoms with van der Waals surface area (Å²) >= 11 is 0.494. The van der Waals surface area contributed by atoms with Gasteiger partial charge in [0.25, 0.3) is 0 Å². The van der Waals surface area contributed by atoms with Gasteiger partial charge in [-0.1, -0.05) is 0 Å². The van der Waals surface area contributed by atoms with Crippen LogP contribution >= 0.6 is 11.3 Å². The smallest absolute Gasteiger partial charge is 0.285 e. The maximum Gasteiger partial charge on any atom is 0.426 e. The Hall–Kier alpha value is -0.840. The average molecular weight is 179 g/mol. The molecule has 0 aromatic carbocycles. The van der Waals surface area contributed by atoms with Crippen molar-refractivity contribution in [1.29, 1.82) is 0 Å². The molecule has 0 aliphatic heterocycles. The van der Waals surface area contributed by atoms with Crippen molar-refractivity contribution in [2.45, 2.75) is 6.18 Å². The molecule has 1 heterocycles. The van der Waals surface area contributed by atoms with Crippen molar-refractivity contribution >= 4 is 17.6 Å². The van der Waals surface area contributed by atoms with Gasteiger partial charge < -0.3 is 0 Å². The molecule has 0 unspecified atom stereocenters. The minimum atomic E-state index is -4.43. The van der Waals surface area contributed by atoms with Crippen LogP contribution in [0.1, 0.15) is 10.4 Å². The quantitative estimate of drug-likeness (QED) is 0.646. The van der Waals surface area contributed by atoms with Crippen LogP contribution in [0.5, 0.6) is 0 Å². The van der Waals surface area contributed by atoms with Gasteiger partial charge in [-0.2, -0.15) is 13.2 Å². The number of hydrogen-bond donors (Lipinski definition) is 0. The molecule has 0 bridgehead atoms. The van der Waals surface area contributed by atoms with Crippen LogP contribution in [-0.4, -0.2) is 6.29 Å². The van der Waals surface area contributed by atoms with E-state index in [9.17, 15) is 18.0 Å². The predicted octanol–water partition coefficient (Wildman–Crippen LogP) is 2.22. The Morgan fingerprint density at radius 3 is 2.45 bits per heavy atom. The Balaban J connectivity index is 3.12. The molecule has 11 heavy (non-hydrogen) atoms. The molecule has 1 nitrogen and oxygen atoms in total. The van der Waals surface area contributed by atoms with Gasteiger partial charge in [0.05, 0.1) is 0 Å². The Bertz CT molecular complexity index is 263.